The molecular weight excluding hydrogens is 539 g/mol. The van der Waals surface area contributed by atoms with Gasteiger partial charge in [0.05, 0.1) is 32.9 Å². The minimum absolute atomic E-state index is 0.124. The zero-order valence-corrected chi connectivity index (χ0v) is 22.6. The second-order valence-corrected chi connectivity index (χ2v) is 11.0. The van der Waals surface area contributed by atoms with Gasteiger partial charge in [-0.1, -0.05) is 29.3 Å². The van der Waals surface area contributed by atoms with Crippen LogP contribution in [0.25, 0.3) is 5.57 Å². The number of carbonyl (C=O) groups excluding carboxylic acids is 1. The van der Waals surface area contributed by atoms with Crippen molar-refractivity contribution in [3.05, 3.63) is 75.9 Å². The number of halogens is 2. The van der Waals surface area contributed by atoms with Crippen LogP contribution in [0.2, 0.25) is 10.0 Å². The quantitative estimate of drug-likeness (QED) is 0.308. The fraction of sp³-hybridized carbons (Fsp3) is 0.280. The summed E-state index contributed by atoms with van der Waals surface area (Å²) in [6, 6.07) is 11.2. The molecule has 2 aromatic rings. The van der Waals surface area contributed by atoms with Crippen molar-refractivity contribution in [2.24, 2.45) is 10.7 Å². The van der Waals surface area contributed by atoms with E-state index < -0.39 is 21.9 Å². The molecule has 0 aliphatic carbocycles. The van der Waals surface area contributed by atoms with Gasteiger partial charge in [0, 0.05) is 29.6 Å². The summed E-state index contributed by atoms with van der Waals surface area (Å²) in [5, 5.41) is 13.6. The van der Waals surface area contributed by atoms with E-state index in [0.717, 1.165) is 5.06 Å². The number of amides is 1. The molecule has 0 spiro atoms. The second-order valence-electron chi connectivity index (χ2n) is 8.04. The largest absolute Gasteiger partial charge is 0.396 e. The number of aliphatic hydroxyl groups is 1. The van der Waals surface area contributed by atoms with Crippen LogP contribution >= 0.6 is 23.2 Å². The van der Waals surface area contributed by atoms with E-state index in [9.17, 15) is 13.2 Å². The van der Waals surface area contributed by atoms with Crippen molar-refractivity contribution in [2.75, 3.05) is 24.3 Å². The molecule has 4 N–H and O–H groups in total. The molecule has 0 saturated heterocycles. The zero-order chi connectivity index (χ0) is 27.2. The Morgan fingerprint density at radius 3 is 2.46 bits per heavy atom. The Kier molecular flexibility index (Phi) is 9.88. The van der Waals surface area contributed by atoms with Crippen LogP contribution in [-0.4, -0.2) is 55.5 Å². The number of hydroxylamine groups is 2. The molecule has 1 atom stereocenters. The van der Waals surface area contributed by atoms with E-state index in [4.69, 9.17) is 38.9 Å². The number of nitrogens with one attached hydrogen (secondary N) is 1. The number of amidine groups is 1. The number of sulfone groups is 1. The maximum absolute atomic E-state index is 13.1. The lowest BCUT2D eigenvalue weighted by Crippen LogP contribution is -2.49. The van der Waals surface area contributed by atoms with Gasteiger partial charge in [0.15, 0.2) is 9.84 Å². The smallest absolute Gasteiger partial charge is 0.280 e. The van der Waals surface area contributed by atoms with Crippen LogP contribution in [0, 0.1) is 0 Å². The summed E-state index contributed by atoms with van der Waals surface area (Å²) in [5.74, 6) is -0.114. The van der Waals surface area contributed by atoms with Gasteiger partial charge in [-0.25, -0.2) is 13.4 Å². The molecule has 0 aromatic heterocycles. The molecule has 1 unspecified atom stereocenters. The van der Waals surface area contributed by atoms with Crippen molar-refractivity contribution in [3.8, 4) is 0 Å². The highest BCUT2D eigenvalue weighted by Gasteiger charge is 2.34. The van der Waals surface area contributed by atoms with Gasteiger partial charge in [0.2, 0.25) is 0 Å². The molecule has 9 nitrogen and oxygen atoms in total. The third-order valence-electron chi connectivity index (χ3n) is 5.35. The van der Waals surface area contributed by atoms with Gasteiger partial charge in [0.1, 0.15) is 12.0 Å². The van der Waals surface area contributed by atoms with Gasteiger partial charge in [-0.3, -0.25) is 9.63 Å². The number of benzene rings is 2. The van der Waals surface area contributed by atoms with Crippen molar-refractivity contribution in [3.63, 3.8) is 0 Å². The van der Waals surface area contributed by atoms with E-state index in [1.54, 1.807) is 50.3 Å². The van der Waals surface area contributed by atoms with E-state index in [1.165, 1.54) is 18.3 Å². The van der Waals surface area contributed by atoms with E-state index >= 15 is 0 Å². The monoisotopic (exact) mass is 566 g/mol. The van der Waals surface area contributed by atoms with E-state index in [2.05, 4.69) is 10.3 Å². The molecule has 1 aliphatic rings. The Hall–Kier alpha value is -2.73. The van der Waals surface area contributed by atoms with Crippen LogP contribution in [-0.2, 0) is 19.5 Å². The van der Waals surface area contributed by atoms with Crippen LogP contribution in [0.5, 0.6) is 0 Å². The third-order valence-corrected chi connectivity index (χ3v) is 7.80. The Bertz CT molecular complexity index is 1320. The normalized spacial score (nSPS) is 17.8. The van der Waals surface area contributed by atoms with Crippen LogP contribution < -0.4 is 11.1 Å². The van der Waals surface area contributed by atoms with E-state index in [1.807, 2.05) is 0 Å². The van der Waals surface area contributed by atoms with Crippen molar-refractivity contribution >= 4 is 56.0 Å². The average Bonchev–Trinajstić information content (AvgIpc) is 2.86. The lowest BCUT2D eigenvalue weighted by Gasteiger charge is -2.33. The van der Waals surface area contributed by atoms with Crippen molar-refractivity contribution in [2.45, 2.75) is 31.3 Å². The number of aliphatic imine (C=N–C) groups is 1. The molecular formula is C25H28Cl2N4O5S. The predicted octanol–water partition coefficient (Wildman–Crippen LogP) is 4.03. The minimum Gasteiger partial charge on any atom is -0.396 e. The Morgan fingerprint density at radius 1 is 1.22 bits per heavy atom. The molecule has 2 aromatic carbocycles. The third kappa shape index (κ3) is 6.98. The molecule has 1 amide bonds. The fourth-order valence-corrected chi connectivity index (χ4v) is 5.45. The van der Waals surface area contributed by atoms with Crippen molar-refractivity contribution < 1.29 is 23.2 Å². The molecule has 0 saturated carbocycles. The molecule has 0 bridgehead atoms. The molecule has 0 radical (unpaired) electrons. The maximum Gasteiger partial charge on any atom is 0.280 e. The SMILES string of the molecule is CCON1C(=O)C(c2c(Cl)cccc2Cl)=C/C(=C/N=C(C)Nc2ccc(S(=O)(=O)CCCO)cc2)C1N. The fourth-order valence-electron chi connectivity index (χ4n) is 3.55. The Balaban J connectivity index is 1.88. The molecule has 1 heterocycles. The summed E-state index contributed by atoms with van der Waals surface area (Å²) in [5.41, 5.74) is 7.97. The number of hydrogen-bond donors (Lipinski definition) is 3. The lowest BCUT2D eigenvalue weighted by atomic mass is 9.97. The van der Waals surface area contributed by atoms with Gasteiger partial charge >= 0.3 is 0 Å². The minimum atomic E-state index is -3.46. The highest BCUT2D eigenvalue weighted by molar-refractivity contribution is 7.91. The summed E-state index contributed by atoms with van der Waals surface area (Å²) in [7, 11) is -3.46. The van der Waals surface area contributed by atoms with E-state index in [0.29, 0.717) is 32.7 Å². The number of aliphatic hydroxyl groups excluding tert-OH is 1. The number of rotatable bonds is 9. The lowest BCUT2D eigenvalue weighted by molar-refractivity contribution is -0.188. The molecule has 0 fully saturated rings. The van der Waals surface area contributed by atoms with Crippen molar-refractivity contribution in [1.82, 2.24) is 5.06 Å². The summed E-state index contributed by atoms with van der Waals surface area (Å²) in [6.45, 7) is 3.48. The van der Waals surface area contributed by atoms with Crippen LogP contribution in [0.4, 0.5) is 5.69 Å². The molecule has 12 heteroatoms. The summed E-state index contributed by atoms with van der Waals surface area (Å²) in [6.07, 6.45) is 2.34. The first kappa shape index (κ1) is 28.8. The standard InChI is InChI=1S/C25H28Cl2N4O5S/c1-3-36-31-24(28)17(14-20(25(31)33)23-21(26)6-4-7-22(23)27)15-29-16(2)30-18-8-10-19(11-9-18)37(34,35)13-5-12-32/h4,6-11,14-15,24,32H,3,5,12-13,28H2,1-2H3,(H,29,30)/b17-15-. The highest BCUT2D eigenvalue weighted by Crippen LogP contribution is 2.36. The summed E-state index contributed by atoms with van der Waals surface area (Å²) >= 11 is 12.7. The molecule has 3 rings (SSSR count). The first-order valence-corrected chi connectivity index (χ1v) is 13.8. The Morgan fingerprint density at radius 2 is 1.86 bits per heavy atom. The summed E-state index contributed by atoms with van der Waals surface area (Å²) in [4.78, 5) is 23.2. The van der Waals surface area contributed by atoms with Gasteiger partial charge in [-0.05, 0) is 62.7 Å². The van der Waals surface area contributed by atoms with Gasteiger partial charge in [0.25, 0.3) is 5.91 Å². The second kappa shape index (κ2) is 12.7. The number of nitrogens with two attached hydrogens (primary N) is 1. The van der Waals surface area contributed by atoms with Crippen molar-refractivity contribution in [1.29, 1.82) is 0 Å². The van der Waals surface area contributed by atoms with Crippen LogP contribution in [0.1, 0.15) is 25.8 Å². The number of anilines is 1. The predicted molar refractivity (Wildman–Crippen MR) is 146 cm³/mol. The number of carbonyl (C=O) groups is 1. The zero-order valence-electron chi connectivity index (χ0n) is 20.3. The maximum atomic E-state index is 13.1. The number of nitrogens with zero attached hydrogens (tertiary/aromatic N) is 2. The summed E-state index contributed by atoms with van der Waals surface area (Å²) < 4.78 is 24.5. The average molecular weight is 567 g/mol. The van der Waals surface area contributed by atoms with Crippen LogP contribution in [0.15, 0.2) is 70.2 Å². The van der Waals surface area contributed by atoms with E-state index in [-0.39, 0.29) is 35.9 Å². The highest BCUT2D eigenvalue weighted by atomic mass is 35.5. The van der Waals surface area contributed by atoms with Gasteiger partial charge in [-0.2, -0.15) is 5.06 Å². The first-order valence-electron chi connectivity index (χ1n) is 11.4. The van der Waals surface area contributed by atoms with Gasteiger partial charge < -0.3 is 16.2 Å². The van der Waals surface area contributed by atoms with Crippen LogP contribution in [0.3, 0.4) is 0 Å². The molecule has 198 valence electrons. The first-order chi connectivity index (χ1) is 17.6. The topological polar surface area (TPSA) is 134 Å². The number of hydrogen-bond acceptors (Lipinski definition) is 7. The molecule has 1 aliphatic heterocycles. The molecule has 37 heavy (non-hydrogen) atoms. The Labute approximate surface area is 226 Å². The van der Waals surface area contributed by atoms with Gasteiger partial charge in [-0.15, -0.1) is 0 Å².